The summed E-state index contributed by atoms with van der Waals surface area (Å²) in [6, 6.07) is 0. The zero-order valence-electron chi connectivity index (χ0n) is 4.65. The van der Waals surface area contributed by atoms with Gasteiger partial charge in [0.15, 0.2) is 0 Å². The van der Waals surface area contributed by atoms with Crippen molar-refractivity contribution in [2.24, 2.45) is 5.73 Å². The summed E-state index contributed by atoms with van der Waals surface area (Å²) in [5, 5.41) is 0. The van der Waals surface area contributed by atoms with Gasteiger partial charge < -0.3 is 0 Å². The zero-order valence-corrected chi connectivity index (χ0v) is 6.81. The molecule has 0 aromatic heterocycles. The predicted octanol–water partition coefficient (Wildman–Crippen LogP) is -3.02. The molecule has 0 amide bonds. The summed E-state index contributed by atoms with van der Waals surface area (Å²) in [6.45, 7) is 2.13. The van der Waals surface area contributed by atoms with E-state index >= 15 is 0 Å². The molecule has 2 nitrogen and oxygen atoms in total. The van der Waals surface area contributed by atoms with Crippen molar-refractivity contribution >= 4 is 0 Å². The number of hydrogen-bond acceptors (Lipinski definition) is 2. The minimum absolute atomic E-state index is 0.0591. The summed E-state index contributed by atoms with van der Waals surface area (Å²) in [7, 11) is 1.65. The quantitative estimate of drug-likeness (QED) is 0.236. The van der Waals surface area contributed by atoms with E-state index in [0.717, 1.165) is 0 Å². The van der Waals surface area contributed by atoms with Crippen molar-refractivity contribution in [2.75, 3.05) is 11.5 Å². The van der Waals surface area contributed by atoms with E-state index in [1.54, 1.807) is 7.11 Å². The van der Waals surface area contributed by atoms with Crippen LogP contribution in [-0.2, 0) is 4.74 Å². The SMILES string of the molecule is CC[I-][C@H](N)OC. The van der Waals surface area contributed by atoms with Crippen LogP contribution in [-0.4, -0.2) is 15.8 Å². The second-order valence-corrected chi connectivity index (χ2v) is 4.64. The number of hydrogen-bond donors (Lipinski definition) is 1. The number of ether oxygens (including phenoxy) is 1. The van der Waals surface area contributed by atoms with Gasteiger partial charge in [-0.05, 0) is 0 Å². The Morgan fingerprint density at radius 2 is 2.43 bits per heavy atom. The predicted molar refractivity (Wildman–Crippen MR) is 25.5 cm³/mol. The second-order valence-electron chi connectivity index (χ2n) is 1.01. The summed E-state index contributed by atoms with van der Waals surface area (Å²) in [5.74, 6) is 0. The average Bonchev–Trinajstić information content (AvgIpc) is 1.68. The Hall–Kier alpha value is 0.650. The fourth-order valence-corrected chi connectivity index (χ4v) is 1.44. The first-order valence-corrected chi connectivity index (χ1v) is 4.94. The van der Waals surface area contributed by atoms with Gasteiger partial charge in [-0.3, -0.25) is 0 Å². The van der Waals surface area contributed by atoms with Gasteiger partial charge in [0, 0.05) is 0 Å². The van der Waals surface area contributed by atoms with Crippen LogP contribution < -0.4 is 26.9 Å². The Kier molecular flexibility index (Phi) is 5.25. The van der Waals surface area contributed by atoms with Crippen LogP contribution in [0.2, 0.25) is 0 Å². The van der Waals surface area contributed by atoms with Gasteiger partial charge in [0.1, 0.15) is 0 Å². The Morgan fingerprint density at radius 1 is 1.86 bits per heavy atom. The van der Waals surface area contributed by atoms with Crippen molar-refractivity contribution in [1.82, 2.24) is 0 Å². The number of rotatable bonds is 3. The molecular weight excluding hydrogens is 205 g/mol. The number of methoxy groups -OCH3 is 1. The average molecular weight is 216 g/mol. The van der Waals surface area contributed by atoms with Gasteiger partial charge in [0.2, 0.25) is 0 Å². The van der Waals surface area contributed by atoms with E-state index in [4.69, 9.17) is 10.5 Å². The molecule has 0 aromatic carbocycles. The van der Waals surface area contributed by atoms with Crippen LogP contribution in [0.25, 0.3) is 0 Å². The molecule has 0 radical (unpaired) electrons. The first-order valence-electron chi connectivity index (χ1n) is 2.17. The maximum atomic E-state index is 5.41. The summed E-state index contributed by atoms with van der Waals surface area (Å²) in [6.07, 6.45) is 0. The Balaban J connectivity index is 2.83. The van der Waals surface area contributed by atoms with Crippen LogP contribution >= 0.6 is 0 Å². The van der Waals surface area contributed by atoms with Crippen LogP contribution in [0.4, 0.5) is 0 Å². The fraction of sp³-hybridized carbons (Fsp3) is 1.00. The molecule has 0 saturated carbocycles. The molecule has 1 atom stereocenters. The van der Waals surface area contributed by atoms with Crippen LogP contribution in [0.15, 0.2) is 0 Å². The molecule has 0 aliphatic heterocycles. The molecule has 0 aliphatic rings. The van der Waals surface area contributed by atoms with Crippen molar-refractivity contribution in [1.29, 1.82) is 0 Å². The summed E-state index contributed by atoms with van der Waals surface area (Å²) >= 11 is 0.121. The molecule has 0 spiro atoms. The Labute approximate surface area is 54.7 Å². The number of alkyl halides is 2. The minimum atomic E-state index is 0.0591. The van der Waals surface area contributed by atoms with Crippen molar-refractivity contribution in [3.63, 3.8) is 0 Å². The van der Waals surface area contributed by atoms with E-state index in [0.29, 0.717) is 0 Å². The molecular formula is C4H11INO-. The first-order chi connectivity index (χ1) is 3.31. The van der Waals surface area contributed by atoms with Gasteiger partial charge in [-0.2, -0.15) is 0 Å². The molecule has 7 heavy (non-hydrogen) atoms. The third-order valence-corrected chi connectivity index (χ3v) is 2.79. The topological polar surface area (TPSA) is 35.2 Å². The van der Waals surface area contributed by atoms with Gasteiger partial charge in [-0.25, -0.2) is 0 Å². The Morgan fingerprint density at radius 3 is 2.57 bits per heavy atom. The molecule has 46 valence electrons. The van der Waals surface area contributed by atoms with Gasteiger partial charge in [-0.15, -0.1) is 0 Å². The summed E-state index contributed by atoms with van der Waals surface area (Å²) < 4.78 is 6.08. The molecule has 0 bridgehead atoms. The van der Waals surface area contributed by atoms with Crippen molar-refractivity contribution < 1.29 is 25.9 Å². The summed E-state index contributed by atoms with van der Waals surface area (Å²) in [4.78, 5) is 0. The fourth-order valence-electron chi connectivity index (χ4n) is 0.215. The normalized spacial score (nSPS) is 14.7. The van der Waals surface area contributed by atoms with E-state index in [9.17, 15) is 0 Å². The number of nitrogens with two attached hydrogens (primary N) is 1. The molecule has 0 unspecified atom stereocenters. The van der Waals surface area contributed by atoms with E-state index in [2.05, 4.69) is 6.92 Å². The zero-order chi connectivity index (χ0) is 5.70. The summed E-state index contributed by atoms with van der Waals surface area (Å²) in [5.41, 5.74) is 5.41. The van der Waals surface area contributed by atoms with E-state index < -0.39 is 0 Å². The van der Waals surface area contributed by atoms with E-state index in [1.165, 1.54) is 4.43 Å². The second kappa shape index (κ2) is 4.80. The molecule has 0 saturated heterocycles. The third-order valence-electron chi connectivity index (χ3n) is 0.532. The van der Waals surface area contributed by atoms with Gasteiger partial charge in [-0.1, -0.05) is 0 Å². The van der Waals surface area contributed by atoms with Crippen molar-refractivity contribution in [3.8, 4) is 0 Å². The van der Waals surface area contributed by atoms with Crippen LogP contribution in [0.5, 0.6) is 0 Å². The number of halogens is 1. The van der Waals surface area contributed by atoms with Crippen LogP contribution in [0.3, 0.4) is 0 Å². The molecule has 2 N–H and O–H groups in total. The molecule has 0 heterocycles. The van der Waals surface area contributed by atoms with Gasteiger partial charge in [0.25, 0.3) is 0 Å². The molecule has 0 aliphatic carbocycles. The van der Waals surface area contributed by atoms with E-state index in [1.807, 2.05) is 0 Å². The van der Waals surface area contributed by atoms with Gasteiger partial charge in [0.05, 0.1) is 0 Å². The monoisotopic (exact) mass is 216 g/mol. The molecule has 3 heteroatoms. The first kappa shape index (κ1) is 7.65. The van der Waals surface area contributed by atoms with Crippen LogP contribution in [0.1, 0.15) is 6.92 Å². The molecule has 0 rings (SSSR count). The van der Waals surface area contributed by atoms with Gasteiger partial charge >= 0.3 is 54.4 Å². The van der Waals surface area contributed by atoms with E-state index in [-0.39, 0.29) is 25.4 Å². The maximum absolute atomic E-state index is 5.41. The molecule has 0 fully saturated rings. The Bertz CT molecular complexity index is 42.7. The third kappa shape index (κ3) is 4.50. The van der Waals surface area contributed by atoms with Crippen LogP contribution in [0, 0.1) is 0 Å². The van der Waals surface area contributed by atoms with Crippen molar-refractivity contribution in [3.05, 3.63) is 0 Å². The molecule has 0 aromatic rings. The standard InChI is InChI=1S/C4H11INO/c1-3-5-4(6)7-2/h4H,3,6H2,1-2H3/q-1/t4-/m1/s1. The van der Waals surface area contributed by atoms with Crippen molar-refractivity contribution in [2.45, 2.75) is 11.2 Å².